The van der Waals surface area contributed by atoms with E-state index in [-0.39, 0.29) is 5.92 Å². The fourth-order valence-electron chi connectivity index (χ4n) is 2.60. The van der Waals surface area contributed by atoms with Gasteiger partial charge in [0.15, 0.2) is 0 Å². The summed E-state index contributed by atoms with van der Waals surface area (Å²) in [6.45, 7) is 0. The summed E-state index contributed by atoms with van der Waals surface area (Å²) in [6.07, 6.45) is 2.95. The maximum absolute atomic E-state index is 12.0. The van der Waals surface area contributed by atoms with Gasteiger partial charge >= 0.3 is 6.09 Å². The molecule has 0 radical (unpaired) electrons. The van der Waals surface area contributed by atoms with Gasteiger partial charge in [-0.2, -0.15) is 0 Å². The number of allylic oxidation sites excluding steroid dienone is 1. The summed E-state index contributed by atoms with van der Waals surface area (Å²) in [5.74, 6) is 0.184. The number of nitrogens with one attached hydrogen (secondary N) is 1. The molecule has 3 rings (SSSR count). The third-order valence-electron chi connectivity index (χ3n) is 3.69. The van der Waals surface area contributed by atoms with E-state index in [0.717, 1.165) is 6.42 Å². The highest BCUT2D eigenvalue weighted by Gasteiger charge is 2.22. The van der Waals surface area contributed by atoms with E-state index in [1.165, 1.54) is 5.56 Å². The molecule has 1 aliphatic carbocycles. The minimum Gasteiger partial charge on any atom is -0.442 e. The standard InChI is InChI=1S/C19H19NO2/c21-19(20-17-11-5-2-6-12-17)22-18-13-7-10-16(14-18)15-8-3-1-4-9-15/h1-9,11-13,16,18H,10,14H2,(H,20,21)/t16-,18+/m1/s1/i18D. The molecule has 1 amide bonds. The Kier molecular flexibility index (Phi) is 4.14. The number of hydrogen-bond donors (Lipinski definition) is 1. The van der Waals surface area contributed by atoms with Gasteiger partial charge in [0.25, 0.3) is 0 Å². The van der Waals surface area contributed by atoms with Crippen LogP contribution in [0.2, 0.25) is 0 Å². The van der Waals surface area contributed by atoms with Crippen molar-refractivity contribution < 1.29 is 10.9 Å². The zero-order chi connectivity index (χ0) is 16.1. The summed E-state index contributed by atoms with van der Waals surface area (Å²) in [7, 11) is 0. The zero-order valence-corrected chi connectivity index (χ0v) is 12.2. The first-order valence-electron chi connectivity index (χ1n) is 7.92. The van der Waals surface area contributed by atoms with Crippen LogP contribution in [0, 0.1) is 0 Å². The van der Waals surface area contributed by atoms with Crippen LogP contribution in [0.1, 0.15) is 25.7 Å². The van der Waals surface area contributed by atoms with Crippen molar-refractivity contribution in [2.45, 2.75) is 24.8 Å². The maximum Gasteiger partial charge on any atom is 0.412 e. The molecule has 2 aromatic carbocycles. The topological polar surface area (TPSA) is 38.3 Å². The Hall–Kier alpha value is -2.55. The van der Waals surface area contributed by atoms with E-state index in [4.69, 9.17) is 6.11 Å². The minimum absolute atomic E-state index is 0.184. The number of amides is 1. The molecule has 3 nitrogen and oxygen atoms in total. The predicted octanol–water partition coefficient (Wildman–Crippen LogP) is 4.74. The van der Waals surface area contributed by atoms with Gasteiger partial charge in [0, 0.05) is 5.69 Å². The van der Waals surface area contributed by atoms with E-state index in [0.29, 0.717) is 12.1 Å². The van der Waals surface area contributed by atoms with Crippen molar-refractivity contribution in [2.24, 2.45) is 0 Å². The largest absolute Gasteiger partial charge is 0.442 e. The summed E-state index contributed by atoms with van der Waals surface area (Å²) in [4.78, 5) is 12.0. The number of benzene rings is 2. The third kappa shape index (κ3) is 3.76. The molecule has 112 valence electrons. The molecule has 0 saturated carbocycles. The Bertz CT molecular complexity index is 687. The van der Waals surface area contributed by atoms with Crippen LogP contribution < -0.4 is 5.32 Å². The Labute approximate surface area is 132 Å². The monoisotopic (exact) mass is 294 g/mol. The quantitative estimate of drug-likeness (QED) is 0.830. The van der Waals surface area contributed by atoms with Crippen LogP contribution in [0.25, 0.3) is 0 Å². The van der Waals surface area contributed by atoms with E-state index >= 15 is 0 Å². The molecular weight excluding hydrogens is 274 g/mol. The van der Waals surface area contributed by atoms with Crippen LogP contribution in [0.5, 0.6) is 0 Å². The number of anilines is 1. The number of rotatable bonds is 3. The summed E-state index contributed by atoms with van der Waals surface area (Å²) in [5.41, 5.74) is 1.82. The highest BCUT2D eigenvalue weighted by atomic mass is 16.6. The second-order valence-electron chi connectivity index (χ2n) is 5.30. The van der Waals surface area contributed by atoms with Gasteiger partial charge in [0.05, 0.1) is 1.37 Å². The average molecular weight is 294 g/mol. The van der Waals surface area contributed by atoms with Crippen LogP contribution in [0.4, 0.5) is 10.5 Å². The molecule has 0 aromatic heterocycles. The molecule has 1 aliphatic rings. The van der Waals surface area contributed by atoms with E-state index < -0.39 is 12.2 Å². The van der Waals surface area contributed by atoms with Gasteiger partial charge in [-0.3, -0.25) is 5.32 Å². The van der Waals surface area contributed by atoms with Crippen molar-refractivity contribution in [2.75, 3.05) is 5.32 Å². The lowest BCUT2D eigenvalue weighted by Crippen LogP contribution is -2.24. The van der Waals surface area contributed by atoms with Crippen LogP contribution in [0.15, 0.2) is 72.8 Å². The first-order valence-corrected chi connectivity index (χ1v) is 7.42. The lowest BCUT2D eigenvalue weighted by molar-refractivity contribution is 0.123. The lowest BCUT2D eigenvalue weighted by Gasteiger charge is -2.25. The van der Waals surface area contributed by atoms with Crippen LogP contribution in [0.3, 0.4) is 0 Å². The van der Waals surface area contributed by atoms with Gasteiger partial charge in [-0.05, 0) is 42.5 Å². The van der Waals surface area contributed by atoms with E-state index in [1.54, 1.807) is 18.2 Å². The summed E-state index contributed by atoms with van der Waals surface area (Å²) in [6, 6.07) is 19.1. The smallest absolute Gasteiger partial charge is 0.412 e. The van der Waals surface area contributed by atoms with Crippen molar-refractivity contribution in [1.29, 1.82) is 0 Å². The van der Waals surface area contributed by atoms with Gasteiger partial charge in [-0.25, -0.2) is 4.79 Å². The highest BCUT2D eigenvalue weighted by molar-refractivity contribution is 5.84. The van der Waals surface area contributed by atoms with E-state index in [9.17, 15) is 4.79 Å². The Morgan fingerprint density at radius 3 is 2.50 bits per heavy atom. The molecule has 0 unspecified atom stereocenters. The fraction of sp³-hybridized carbons (Fsp3) is 0.211. The molecule has 0 aliphatic heterocycles. The molecule has 0 fully saturated rings. The second-order valence-corrected chi connectivity index (χ2v) is 5.30. The van der Waals surface area contributed by atoms with E-state index in [2.05, 4.69) is 5.32 Å². The Balaban J connectivity index is 1.65. The summed E-state index contributed by atoms with van der Waals surface area (Å²) < 4.78 is 13.8. The summed E-state index contributed by atoms with van der Waals surface area (Å²) >= 11 is 0. The van der Waals surface area contributed by atoms with Gasteiger partial charge in [0.2, 0.25) is 0 Å². The van der Waals surface area contributed by atoms with Gasteiger partial charge < -0.3 is 4.74 Å². The molecule has 3 heteroatoms. The van der Waals surface area contributed by atoms with Gasteiger partial charge in [0.1, 0.15) is 6.08 Å². The minimum atomic E-state index is -1.34. The van der Waals surface area contributed by atoms with Crippen LogP contribution in [-0.2, 0) is 4.74 Å². The molecule has 0 saturated heterocycles. The molecule has 22 heavy (non-hydrogen) atoms. The van der Waals surface area contributed by atoms with Crippen molar-refractivity contribution in [1.82, 2.24) is 0 Å². The first-order chi connectivity index (χ1) is 11.1. The molecule has 1 N–H and O–H groups in total. The van der Waals surface area contributed by atoms with E-state index in [1.807, 2.05) is 54.6 Å². The molecule has 0 bridgehead atoms. The van der Waals surface area contributed by atoms with Crippen molar-refractivity contribution in [3.63, 3.8) is 0 Å². The molecule has 2 aromatic rings. The number of ether oxygens (including phenoxy) is 1. The third-order valence-corrected chi connectivity index (χ3v) is 3.69. The van der Waals surface area contributed by atoms with Crippen molar-refractivity contribution >= 4 is 11.8 Å². The lowest BCUT2D eigenvalue weighted by atomic mass is 9.86. The fourth-order valence-corrected chi connectivity index (χ4v) is 2.60. The van der Waals surface area contributed by atoms with Crippen LogP contribution >= 0.6 is 0 Å². The Morgan fingerprint density at radius 1 is 1.09 bits per heavy atom. The van der Waals surface area contributed by atoms with Gasteiger partial charge in [-0.15, -0.1) is 0 Å². The molecule has 2 atom stereocenters. The molecular formula is C19H19NO2. The average Bonchev–Trinajstić information content (AvgIpc) is 2.56. The van der Waals surface area contributed by atoms with Gasteiger partial charge in [-0.1, -0.05) is 54.6 Å². The predicted molar refractivity (Wildman–Crippen MR) is 87.9 cm³/mol. The number of hydrogen-bond acceptors (Lipinski definition) is 2. The summed E-state index contributed by atoms with van der Waals surface area (Å²) in [5, 5.41) is 2.65. The SMILES string of the molecule is [2H][C@]1(OC(=O)Nc2ccccc2)C=CC[C@@H](c2ccccc2)C1. The maximum atomic E-state index is 12.0. The number of carbonyl (C=O) groups excluding carboxylic acids is 1. The zero-order valence-electron chi connectivity index (χ0n) is 13.2. The number of carbonyl (C=O) groups is 1. The normalized spacial score (nSPS) is 24.4. The first kappa shape index (κ1) is 13.1. The van der Waals surface area contributed by atoms with Crippen molar-refractivity contribution in [3.05, 3.63) is 78.4 Å². The molecule has 0 heterocycles. The molecule has 0 spiro atoms. The second kappa shape index (κ2) is 6.94. The number of para-hydroxylation sites is 1. The van der Waals surface area contributed by atoms with Crippen LogP contribution in [-0.4, -0.2) is 12.2 Å². The highest BCUT2D eigenvalue weighted by Crippen LogP contribution is 2.30. The Morgan fingerprint density at radius 2 is 1.77 bits per heavy atom. The van der Waals surface area contributed by atoms with Crippen molar-refractivity contribution in [3.8, 4) is 0 Å².